The predicted octanol–water partition coefficient (Wildman–Crippen LogP) is 5.67. The standard InChI is InChI=1S/C22H16/c1-3-9-17(10-4-1)15-19-16-22(18-11-5-2-6-12-18)21-14-8-7-13-20(19)21/h1-16H/b19-15+. The zero-order valence-corrected chi connectivity index (χ0v) is 12.2. The van der Waals surface area contributed by atoms with Crippen molar-refractivity contribution in [2.75, 3.05) is 0 Å². The predicted molar refractivity (Wildman–Crippen MR) is 94.3 cm³/mol. The van der Waals surface area contributed by atoms with E-state index in [0.717, 1.165) is 0 Å². The molecular weight excluding hydrogens is 264 g/mol. The molecule has 0 amide bonds. The summed E-state index contributed by atoms with van der Waals surface area (Å²) in [6, 6.07) is 29.7. The van der Waals surface area contributed by atoms with Gasteiger partial charge in [0, 0.05) is 0 Å². The number of hydrogen-bond donors (Lipinski definition) is 0. The molecule has 1 aliphatic carbocycles. The van der Waals surface area contributed by atoms with E-state index >= 15 is 0 Å². The molecule has 4 rings (SSSR count). The summed E-state index contributed by atoms with van der Waals surface area (Å²) in [7, 11) is 0. The Labute approximate surface area is 131 Å². The van der Waals surface area contributed by atoms with Gasteiger partial charge in [-0.05, 0) is 45.6 Å². The number of benzene rings is 3. The van der Waals surface area contributed by atoms with Crippen molar-refractivity contribution < 1.29 is 0 Å². The van der Waals surface area contributed by atoms with Crippen molar-refractivity contribution in [2.24, 2.45) is 0 Å². The summed E-state index contributed by atoms with van der Waals surface area (Å²) in [5.74, 6) is 0. The summed E-state index contributed by atoms with van der Waals surface area (Å²) in [6.45, 7) is 0. The SMILES string of the molecule is C1=C(c2ccccc2)c2ccccc2/C1=C/c1ccccc1. The first-order valence-electron chi connectivity index (χ1n) is 7.55. The van der Waals surface area contributed by atoms with Crippen LogP contribution < -0.4 is 0 Å². The molecule has 1 aliphatic rings. The number of allylic oxidation sites excluding steroid dienone is 2. The average Bonchev–Trinajstić information content (AvgIpc) is 2.96. The molecule has 22 heavy (non-hydrogen) atoms. The molecule has 0 fully saturated rings. The second-order valence-electron chi connectivity index (χ2n) is 5.48. The van der Waals surface area contributed by atoms with E-state index in [1.165, 1.54) is 33.4 Å². The van der Waals surface area contributed by atoms with Gasteiger partial charge in [-0.15, -0.1) is 0 Å². The Kier molecular flexibility index (Phi) is 3.21. The fourth-order valence-corrected chi connectivity index (χ4v) is 2.99. The molecule has 0 heterocycles. The van der Waals surface area contributed by atoms with Crippen molar-refractivity contribution in [3.63, 3.8) is 0 Å². The molecule has 0 saturated carbocycles. The molecule has 0 bridgehead atoms. The molecule has 0 nitrogen and oxygen atoms in total. The minimum atomic E-state index is 1.23. The van der Waals surface area contributed by atoms with E-state index in [1.54, 1.807) is 0 Å². The third kappa shape index (κ3) is 2.29. The molecule has 0 unspecified atom stereocenters. The van der Waals surface area contributed by atoms with E-state index in [-0.39, 0.29) is 0 Å². The van der Waals surface area contributed by atoms with Crippen molar-refractivity contribution in [3.8, 4) is 0 Å². The van der Waals surface area contributed by atoms with Crippen LogP contribution in [0.1, 0.15) is 22.3 Å². The van der Waals surface area contributed by atoms with Crippen molar-refractivity contribution in [1.82, 2.24) is 0 Å². The lowest BCUT2D eigenvalue weighted by molar-refractivity contribution is 1.55. The minimum Gasteiger partial charge on any atom is -0.0622 e. The van der Waals surface area contributed by atoms with Gasteiger partial charge in [-0.1, -0.05) is 84.9 Å². The lowest BCUT2D eigenvalue weighted by Crippen LogP contribution is -1.85. The van der Waals surface area contributed by atoms with Crippen molar-refractivity contribution >= 4 is 17.2 Å². The molecule has 3 aromatic carbocycles. The maximum atomic E-state index is 2.30. The summed E-state index contributed by atoms with van der Waals surface area (Å²) >= 11 is 0. The molecule has 0 N–H and O–H groups in total. The highest BCUT2D eigenvalue weighted by atomic mass is 14.2. The highest BCUT2D eigenvalue weighted by Crippen LogP contribution is 2.39. The Balaban J connectivity index is 1.87. The molecule has 0 radical (unpaired) electrons. The van der Waals surface area contributed by atoms with Gasteiger partial charge in [-0.25, -0.2) is 0 Å². The lowest BCUT2D eigenvalue weighted by atomic mass is 9.99. The van der Waals surface area contributed by atoms with Crippen LogP contribution in [-0.4, -0.2) is 0 Å². The zero-order valence-electron chi connectivity index (χ0n) is 12.2. The smallest absolute Gasteiger partial charge is 0.00990 e. The highest BCUT2D eigenvalue weighted by molar-refractivity contribution is 6.05. The first-order valence-corrected chi connectivity index (χ1v) is 7.55. The number of hydrogen-bond acceptors (Lipinski definition) is 0. The highest BCUT2D eigenvalue weighted by Gasteiger charge is 2.18. The van der Waals surface area contributed by atoms with E-state index in [0.29, 0.717) is 0 Å². The van der Waals surface area contributed by atoms with Gasteiger partial charge >= 0.3 is 0 Å². The number of rotatable bonds is 2. The maximum Gasteiger partial charge on any atom is -0.00990 e. The van der Waals surface area contributed by atoms with Crippen LogP contribution in [0.15, 0.2) is 91.0 Å². The Hall–Kier alpha value is -2.86. The van der Waals surface area contributed by atoms with Crippen LogP contribution in [0.4, 0.5) is 0 Å². The van der Waals surface area contributed by atoms with Gasteiger partial charge in [0.15, 0.2) is 0 Å². The topological polar surface area (TPSA) is 0 Å². The van der Waals surface area contributed by atoms with Crippen LogP contribution in [0.25, 0.3) is 17.2 Å². The van der Waals surface area contributed by atoms with E-state index in [2.05, 4.69) is 97.1 Å². The normalized spacial score (nSPS) is 14.7. The van der Waals surface area contributed by atoms with Crippen molar-refractivity contribution in [2.45, 2.75) is 0 Å². The zero-order chi connectivity index (χ0) is 14.8. The fourth-order valence-electron chi connectivity index (χ4n) is 2.99. The van der Waals surface area contributed by atoms with E-state index in [9.17, 15) is 0 Å². The molecule has 0 heteroatoms. The summed E-state index contributed by atoms with van der Waals surface area (Å²) < 4.78 is 0. The molecule has 0 aromatic heterocycles. The van der Waals surface area contributed by atoms with Gasteiger partial charge in [0.25, 0.3) is 0 Å². The van der Waals surface area contributed by atoms with Crippen LogP contribution in [0.5, 0.6) is 0 Å². The molecule has 104 valence electrons. The van der Waals surface area contributed by atoms with E-state index < -0.39 is 0 Å². The van der Waals surface area contributed by atoms with Crippen LogP contribution in [0.3, 0.4) is 0 Å². The maximum absolute atomic E-state index is 2.30. The second kappa shape index (κ2) is 5.50. The first kappa shape index (κ1) is 12.8. The van der Waals surface area contributed by atoms with Crippen LogP contribution in [0.2, 0.25) is 0 Å². The quantitative estimate of drug-likeness (QED) is 0.567. The first-order chi connectivity index (χ1) is 10.9. The number of fused-ring (bicyclic) bond motifs is 1. The van der Waals surface area contributed by atoms with Crippen LogP contribution in [0, 0.1) is 0 Å². The van der Waals surface area contributed by atoms with Gasteiger partial charge in [0.1, 0.15) is 0 Å². The summed E-state index contributed by atoms with van der Waals surface area (Å²) in [4.78, 5) is 0. The molecule has 0 spiro atoms. The third-order valence-corrected chi connectivity index (χ3v) is 4.03. The van der Waals surface area contributed by atoms with Gasteiger partial charge < -0.3 is 0 Å². The molecule has 0 atom stereocenters. The Morgan fingerprint density at radius 2 is 1.14 bits per heavy atom. The largest absolute Gasteiger partial charge is 0.0622 e. The van der Waals surface area contributed by atoms with E-state index in [1.807, 2.05) is 0 Å². The monoisotopic (exact) mass is 280 g/mol. The summed E-state index contributed by atoms with van der Waals surface area (Å²) in [5.41, 5.74) is 7.71. The fraction of sp³-hybridized carbons (Fsp3) is 0. The Morgan fingerprint density at radius 3 is 1.86 bits per heavy atom. The molecular formula is C22H16. The van der Waals surface area contributed by atoms with Crippen molar-refractivity contribution in [1.29, 1.82) is 0 Å². The van der Waals surface area contributed by atoms with Gasteiger partial charge in [-0.3, -0.25) is 0 Å². The van der Waals surface area contributed by atoms with Crippen LogP contribution >= 0.6 is 0 Å². The molecule has 0 saturated heterocycles. The van der Waals surface area contributed by atoms with Gasteiger partial charge in [-0.2, -0.15) is 0 Å². The van der Waals surface area contributed by atoms with E-state index in [4.69, 9.17) is 0 Å². The summed E-state index contributed by atoms with van der Waals surface area (Å²) in [5, 5.41) is 0. The van der Waals surface area contributed by atoms with Crippen molar-refractivity contribution in [3.05, 3.63) is 113 Å². The Bertz CT molecular complexity index is 853. The summed E-state index contributed by atoms with van der Waals surface area (Å²) in [6.07, 6.45) is 4.56. The molecule has 0 aliphatic heterocycles. The van der Waals surface area contributed by atoms with Gasteiger partial charge in [0.2, 0.25) is 0 Å². The third-order valence-electron chi connectivity index (χ3n) is 4.03. The lowest BCUT2D eigenvalue weighted by Gasteiger charge is -2.05. The average molecular weight is 280 g/mol. The van der Waals surface area contributed by atoms with Gasteiger partial charge in [0.05, 0.1) is 0 Å². The molecule has 3 aromatic rings. The second-order valence-corrected chi connectivity index (χ2v) is 5.48. The Morgan fingerprint density at radius 1 is 0.545 bits per heavy atom. The van der Waals surface area contributed by atoms with Crippen LogP contribution in [-0.2, 0) is 0 Å². The minimum absolute atomic E-state index is 1.23.